The van der Waals surface area contributed by atoms with E-state index in [9.17, 15) is 4.79 Å². The predicted molar refractivity (Wildman–Crippen MR) is 137 cm³/mol. The number of carbonyl (C=O) groups is 1. The number of halogens is 1. The molecule has 9 nitrogen and oxygen atoms in total. The Morgan fingerprint density at radius 2 is 2.09 bits per heavy atom. The molecule has 2 aromatic rings. The van der Waals surface area contributed by atoms with Gasteiger partial charge in [0.1, 0.15) is 11.9 Å². The number of benzene rings is 1. The summed E-state index contributed by atoms with van der Waals surface area (Å²) in [4.78, 5) is 18.4. The summed E-state index contributed by atoms with van der Waals surface area (Å²) in [5.74, 6) is 1.53. The molecular weight excluding hydrogens is 535 g/mol. The van der Waals surface area contributed by atoms with Crippen LogP contribution in [0.25, 0.3) is 0 Å². The van der Waals surface area contributed by atoms with Gasteiger partial charge in [0.2, 0.25) is 0 Å². The summed E-state index contributed by atoms with van der Waals surface area (Å²) >= 11 is 0. The molecule has 2 heterocycles. The normalized spacial score (nSPS) is 18.4. The highest BCUT2D eigenvalue weighted by molar-refractivity contribution is 14.0. The van der Waals surface area contributed by atoms with Crippen molar-refractivity contribution in [2.24, 2.45) is 12.0 Å². The van der Waals surface area contributed by atoms with Crippen molar-refractivity contribution in [2.45, 2.75) is 31.4 Å². The maximum absolute atomic E-state index is 11.7. The van der Waals surface area contributed by atoms with Crippen molar-refractivity contribution in [1.29, 1.82) is 0 Å². The van der Waals surface area contributed by atoms with Gasteiger partial charge in [0.25, 0.3) is 5.91 Å². The van der Waals surface area contributed by atoms with Crippen LogP contribution >= 0.6 is 24.0 Å². The van der Waals surface area contributed by atoms with E-state index < -0.39 is 0 Å². The first-order chi connectivity index (χ1) is 15.6. The van der Waals surface area contributed by atoms with Crippen molar-refractivity contribution in [3.8, 4) is 5.75 Å². The van der Waals surface area contributed by atoms with Gasteiger partial charge in [-0.1, -0.05) is 12.1 Å². The van der Waals surface area contributed by atoms with Gasteiger partial charge in [-0.05, 0) is 37.0 Å². The number of amides is 1. The van der Waals surface area contributed by atoms with Gasteiger partial charge < -0.3 is 25.0 Å². The molecule has 1 aliphatic carbocycles. The molecule has 10 heteroatoms. The van der Waals surface area contributed by atoms with E-state index in [4.69, 9.17) is 9.47 Å². The zero-order valence-electron chi connectivity index (χ0n) is 19.2. The second kappa shape index (κ2) is 12.2. The van der Waals surface area contributed by atoms with E-state index in [1.54, 1.807) is 4.68 Å². The van der Waals surface area contributed by atoms with Crippen LogP contribution in [0.3, 0.4) is 0 Å². The minimum atomic E-state index is -0.0546. The Morgan fingerprint density at radius 3 is 2.76 bits per heavy atom. The Bertz CT molecular complexity index is 929. The van der Waals surface area contributed by atoms with Crippen LogP contribution < -0.4 is 15.4 Å². The largest absolute Gasteiger partial charge is 0.484 e. The number of rotatable bonds is 8. The first-order valence-corrected chi connectivity index (χ1v) is 11.2. The molecule has 1 aromatic carbocycles. The van der Waals surface area contributed by atoms with Crippen molar-refractivity contribution in [1.82, 2.24) is 25.3 Å². The molecule has 1 amide bonds. The van der Waals surface area contributed by atoms with Gasteiger partial charge in [-0.15, -0.1) is 24.0 Å². The van der Waals surface area contributed by atoms with Gasteiger partial charge in [0.15, 0.2) is 12.6 Å². The van der Waals surface area contributed by atoms with Gasteiger partial charge in [-0.25, -0.2) is 0 Å². The van der Waals surface area contributed by atoms with Crippen LogP contribution in [0.15, 0.2) is 41.7 Å². The van der Waals surface area contributed by atoms with Crippen molar-refractivity contribution in [3.05, 3.63) is 47.8 Å². The van der Waals surface area contributed by atoms with E-state index in [0.717, 1.165) is 50.4 Å². The highest BCUT2D eigenvalue weighted by atomic mass is 127. The zero-order valence-corrected chi connectivity index (χ0v) is 21.5. The predicted octanol–water partition coefficient (Wildman–Crippen LogP) is 1.89. The summed E-state index contributed by atoms with van der Waals surface area (Å²) in [5.41, 5.74) is 2.28. The molecule has 33 heavy (non-hydrogen) atoms. The Morgan fingerprint density at radius 1 is 1.30 bits per heavy atom. The first kappa shape index (κ1) is 25.3. The van der Waals surface area contributed by atoms with E-state index in [0.29, 0.717) is 18.4 Å². The number of hydrogen-bond acceptors (Lipinski definition) is 5. The van der Waals surface area contributed by atoms with E-state index in [1.165, 1.54) is 5.56 Å². The van der Waals surface area contributed by atoms with Gasteiger partial charge in [0, 0.05) is 45.0 Å². The molecule has 2 N–H and O–H groups in total. The second-order valence-corrected chi connectivity index (χ2v) is 8.25. The topological polar surface area (TPSA) is 93.0 Å². The summed E-state index contributed by atoms with van der Waals surface area (Å²) < 4.78 is 13.3. The monoisotopic (exact) mass is 568 g/mol. The van der Waals surface area contributed by atoms with Crippen molar-refractivity contribution < 1.29 is 14.3 Å². The van der Waals surface area contributed by atoms with Crippen LogP contribution in [-0.4, -0.2) is 72.5 Å². The molecule has 1 saturated heterocycles. The van der Waals surface area contributed by atoms with Gasteiger partial charge >= 0.3 is 0 Å². The third-order valence-corrected chi connectivity index (χ3v) is 5.61. The molecule has 2 aliphatic rings. The molecule has 1 atom stereocenters. The summed E-state index contributed by atoms with van der Waals surface area (Å²) in [7, 11) is 3.72. The Labute approximate surface area is 211 Å². The Kier molecular flexibility index (Phi) is 9.36. The molecule has 0 spiro atoms. The minimum absolute atomic E-state index is 0. The standard InChI is InChI=1S/C23H32N6O3.HI/c1-24-23(29-11-12-31-21(15-29)18-13-26-28(2)14-18)25-10-9-17-3-7-20(8-4-17)32-16-22(30)27-19-5-6-19;/h3-4,7-8,13-14,19,21H,5-6,9-12,15-16H2,1-2H3,(H,24,25)(H,27,30);1H. The number of aryl methyl sites for hydroxylation is 1. The molecule has 1 saturated carbocycles. The maximum Gasteiger partial charge on any atom is 0.258 e. The quantitative estimate of drug-likeness (QED) is 0.287. The number of carbonyl (C=O) groups excluding carboxylic acids is 1. The SMILES string of the molecule is CN=C(NCCc1ccc(OCC(=O)NC2CC2)cc1)N1CCOC(c2cnn(C)c2)C1.I. The zero-order chi connectivity index (χ0) is 22.3. The van der Waals surface area contributed by atoms with Crippen LogP contribution in [0.1, 0.15) is 30.1 Å². The summed E-state index contributed by atoms with van der Waals surface area (Å²) in [6, 6.07) is 8.25. The Balaban J connectivity index is 0.00000306. The lowest BCUT2D eigenvalue weighted by molar-refractivity contribution is -0.123. The molecule has 1 aliphatic heterocycles. The summed E-state index contributed by atoms with van der Waals surface area (Å²) in [5, 5.41) is 10.6. The van der Waals surface area contributed by atoms with Crippen LogP contribution in [0.5, 0.6) is 5.75 Å². The fraction of sp³-hybridized carbons (Fsp3) is 0.522. The molecular formula is C23H33IN6O3. The van der Waals surface area contributed by atoms with Crippen LogP contribution in [0, 0.1) is 0 Å². The highest BCUT2D eigenvalue weighted by Crippen LogP contribution is 2.21. The molecule has 0 radical (unpaired) electrons. The first-order valence-electron chi connectivity index (χ1n) is 11.2. The number of guanidine groups is 1. The number of aliphatic imine (C=N–C) groups is 1. The fourth-order valence-electron chi connectivity index (χ4n) is 3.70. The van der Waals surface area contributed by atoms with Crippen molar-refractivity contribution >= 4 is 35.8 Å². The summed E-state index contributed by atoms with van der Waals surface area (Å²) in [6.07, 6.45) is 6.87. The van der Waals surface area contributed by atoms with Crippen molar-refractivity contribution in [3.63, 3.8) is 0 Å². The molecule has 180 valence electrons. The number of nitrogens with one attached hydrogen (secondary N) is 2. The van der Waals surface area contributed by atoms with E-state index >= 15 is 0 Å². The molecule has 1 aromatic heterocycles. The number of morpholine rings is 1. The highest BCUT2D eigenvalue weighted by Gasteiger charge is 2.25. The van der Waals surface area contributed by atoms with Gasteiger partial charge in [-0.2, -0.15) is 5.10 Å². The molecule has 2 fully saturated rings. The third kappa shape index (κ3) is 7.60. The molecule has 1 unspecified atom stereocenters. The third-order valence-electron chi connectivity index (χ3n) is 5.61. The van der Waals surface area contributed by atoms with Gasteiger partial charge in [0.05, 0.1) is 19.3 Å². The van der Waals surface area contributed by atoms with E-state index in [2.05, 4.69) is 25.6 Å². The van der Waals surface area contributed by atoms with Gasteiger partial charge in [-0.3, -0.25) is 14.5 Å². The number of ether oxygens (including phenoxy) is 2. The molecule has 0 bridgehead atoms. The summed E-state index contributed by atoms with van der Waals surface area (Å²) in [6.45, 7) is 3.03. The molecule has 4 rings (SSSR count). The van der Waals surface area contributed by atoms with Crippen LogP contribution in [-0.2, 0) is 23.0 Å². The maximum atomic E-state index is 11.7. The lowest BCUT2D eigenvalue weighted by atomic mass is 10.1. The van der Waals surface area contributed by atoms with Crippen molar-refractivity contribution in [2.75, 3.05) is 39.9 Å². The number of nitrogens with zero attached hydrogens (tertiary/aromatic N) is 4. The average molecular weight is 568 g/mol. The minimum Gasteiger partial charge on any atom is -0.484 e. The number of hydrogen-bond donors (Lipinski definition) is 2. The number of aromatic nitrogens is 2. The average Bonchev–Trinajstić information content (AvgIpc) is 3.52. The van der Waals surface area contributed by atoms with E-state index in [-0.39, 0.29) is 42.6 Å². The van der Waals surface area contributed by atoms with Crippen LogP contribution in [0.4, 0.5) is 0 Å². The fourth-order valence-corrected chi connectivity index (χ4v) is 3.70. The second-order valence-electron chi connectivity index (χ2n) is 8.25. The van der Waals surface area contributed by atoms with E-state index in [1.807, 2.05) is 50.8 Å². The lowest BCUT2D eigenvalue weighted by Crippen LogP contribution is -2.48. The Hall–Kier alpha value is -2.34. The lowest BCUT2D eigenvalue weighted by Gasteiger charge is -2.34. The van der Waals surface area contributed by atoms with Crippen LogP contribution in [0.2, 0.25) is 0 Å². The smallest absolute Gasteiger partial charge is 0.258 e.